The van der Waals surface area contributed by atoms with Gasteiger partial charge in [-0.2, -0.15) is 0 Å². The summed E-state index contributed by atoms with van der Waals surface area (Å²) in [4.78, 5) is 11.4. The maximum Gasteiger partial charge on any atom is 0.241 e. The van der Waals surface area contributed by atoms with Crippen molar-refractivity contribution in [1.29, 1.82) is 0 Å². The number of nitrogens with one attached hydrogen (secondary N) is 1. The third-order valence-electron chi connectivity index (χ3n) is 2.58. The average molecular weight is 254 g/mol. The molecule has 17 heavy (non-hydrogen) atoms. The van der Waals surface area contributed by atoms with Crippen molar-refractivity contribution in [2.45, 2.75) is 24.1 Å². The van der Waals surface area contributed by atoms with Gasteiger partial charge in [-0.1, -0.05) is 30.3 Å². The molecule has 2 rings (SSSR count). The van der Waals surface area contributed by atoms with Crippen LogP contribution in [0.15, 0.2) is 30.3 Å². The monoisotopic (exact) mass is 254 g/mol. The molecule has 1 aliphatic rings. The Labute approximate surface area is 100 Å². The van der Waals surface area contributed by atoms with Crippen LogP contribution in [-0.2, 0) is 14.8 Å². The zero-order valence-electron chi connectivity index (χ0n) is 9.17. The van der Waals surface area contributed by atoms with Crippen molar-refractivity contribution in [3.63, 3.8) is 0 Å². The Balaban J connectivity index is 2.32. The third-order valence-corrected chi connectivity index (χ3v) is 4.37. The number of rotatable bonds is 5. The molecule has 0 saturated heterocycles. The molecule has 0 aromatic heterocycles. The number of nitrogens with two attached hydrogens (primary N) is 1. The minimum atomic E-state index is -3.74. The number of carbonyl (C=O) groups is 1. The normalized spacial score (nSPS) is 17.6. The predicted octanol–water partition coefficient (Wildman–Crippen LogP) is 0.295. The molecule has 92 valence electrons. The Kier molecular flexibility index (Phi) is 3.17. The zero-order chi connectivity index (χ0) is 12.5. The number of primary amides is 1. The van der Waals surface area contributed by atoms with Crippen molar-refractivity contribution in [1.82, 2.24) is 4.72 Å². The molecule has 1 aromatic carbocycles. The maximum absolute atomic E-state index is 12.0. The fourth-order valence-electron chi connectivity index (χ4n) is 1.63. The number of carbonyl (C=O) groups excluding carboxylic acids is 1. The maximum atomic E-state index is 12.0. The molecule has 0 heterocycles. The van der Waals surface area contributed by atoms with Gasteiger partial charge in [0.1, 0.15) is 0 Å². The Morgan fingerprint density at radius 3 is 2.35 bits per heavy atom. The molecular weight excluding hydrogens is 240 g/mol. The van der Waals surface area contributed by atoms with Crippen LogP contribution in [0, 0.1) is 0 Å². The van der Waals surface area contributed by atoms with Gasteiger partial charge >= 0.3 is 0 Å². The molecule has 0 spiro atoms. The molecule has 0 bridgehead atoms. The summed E-state index contributed by atoms with van der Waals surface area (Å²) < 4.78 is 26.5. The van der Waals surface area contributed by atoms with Gasteiger partial charge in [-0.05, 0) is 18.4 Å². The number of hydrogen-bond acceptors (Lipinski definition) is 3. The lowest BCUT2D eigenvalue weighted by molar-refractivity contribution is -0.117. The van der Waals surface area contributed by atoms with Crippen LogP contribution in [-0.4, -0.2) is 20.4 Å². The van der Waals surface area contributed by atoms with Crippen molar-refractivity contribution in [3.05, 3.63) is 35.9 Å². The molecular formula is C11H14N2O3S. The first-order valence-electron chi connectivity index (χ1n) is 5.36. The molecule has 1 amide bonds. The Morgan fingerprint density at radius 2 is 1.88 bits per heavy atom. The quantitative estimate of drug-likeness (QED) is 0.791. The van der Waals surface area contributed by atoms with Crippen LogP contribution < -0.4 is 10.5 Å². The van der Waals surface area contributed by atoms with Crippen LogP contribution in [0.1, 0.15) is 23.7 Å². The second-order valence-corrected chi connectivity index (χ2v) is 5.93. The van der Waals surface area contributed by atoms with Crippen molar-refractivity contribution in [2.24, 2.45) is 5.73 Å². The van der Waals surface area contributed by atoms with Crippen molar-refractivity contribution in [3.8, 4) is 0 Å². The second kappa shape index (κ2) is 4.46. The zero-order valence-corrected chi connectivity index (χ0v) is 9.98. The predicted molar refractivity (Wildman–Crippen MR) is 63.5 cm³/mol. The van der Waals surface area contributed by atoms with E-state index in [1.807, 2.05) is 0 Å². The lowest BCUT2D eigenvalue weighted by Gasteiger charge is -2.15. The highest BCUT2D eigenvalue weighted by atomic mass is 32.2. The summed E-state index contributed by atoms with van der Waals surface area (Å²) in [6.45, 7) is 0. The molecule has 1 aromatic rings. The van der Waals surface area contributed by atoms with E-state index in [1.165, 1.54) is 0 Å². The molecule has 0 radical (unpaired) electrons. The van der Waals surface area contributed by atoms with E-state index >= 15 is 0 Å². The Bertz CT molecular complexity index is 509. The van der Waals surface area contributed by atoms with E-state index in [-0.39, 0.29) is 6.04 Å². The largest absolute Gasteiger partial charge is 0.368 e. The fraction of sp³-hybridized carbons (Fsp3) is 0.364. The van der Waals surface area contributed by atoms with Crippen molar-refractivity contribution >= 4 is 15.9 Å². The molecule has 3 N–H and O–H groups in total. The second-order valence-electron chi connectivity index (χ2n) is 4.13. The van der Waals surface area contributed by atoms with Crippen LogP contribution in [0.2, 0.25) is 0 Å². The summed E-state index contributed by atoms with van der Waals surface area (Å²) >= 11 is 0. The molecule has 0 aliphatic heterocycles. The topological polar surface area (TPSA) is 89.3 Å². The van der Waals surface area contributed by atoms with Crippen molar-refractivity contribution in [2.75, 3.05) is 0 Å². The summed E-state index contributed by atoms with van der Waals surface area (Å²) in [5.41, 5.74) is 5.59. The van der Waals surface area contributed by atoms with E-state index < -0.39 is 21.2 Å². The first-order valence-corrected chi connectivity index (χ1v) is 6.91. The molecule has 5 nitrogen and oxygen atoms in total. The van der Waals surface area contributed by atoms with Gasteiger partial charge in [-0.25, -0.2) is 13.1 Å². The Morgan fingerprint density at radius 1 is 1.29 bits per heavy atom. The van der Waals surface area contributed by atoms with Gasteiger partial charge in [0.05, 0.1) is 0 Å². The van der Waals surface area contributed by atoms with Crippen LogP contribution in [0.4, 0.5) is 0 Å². The van der Waals surface area contributed by atoms with Gasteiger partial charge in [-0.15, -0.1) is 0 Å². The van der Waals surface area contributed by atoms with E-state index in [0.29, 0.717) is 5.56 Å². The summed E-state index contributed by atoms with van der Waals surface area (Å²) in [6, 6.07) is 8.24. The molecule has 1 saturated carbocycles. The number of sulfonamides is 1. The molecule has 1 aliphatic carbocycles. The lowest BCUT2D eigenvalue weighted by atomic mass is 10.1. The molecule has 1 fully saturated rings. The van der Waals surface area contributed by atoms with Crippen LogP contribution in [0.25, 0.3) is 0 Å². The van der Waals surface area contributed by atoms with Gasteiger partial charge in [0, 0.05) is 6.04 Å². The minimum absolute atomic E-state index is 0.0365. The highest BCUT2D eigenvalue weighted by Gasteiger charge is 2.36. The fourth-order valence-corrected chi connectivity index (χ4v) is 3.28. The standard InChI is InChI=1S/C11H14N2O3S/c12-11(14)10(8-4-2-1-3-5-8)17(15,16)13-9-6-7-9/h1-5,9-10,13H,6-7H2,(H2,12,14). The highest BCUT2D eigenvalue weighted by molar-refractivity contribution is 7.90. The molecule has 6 heteroatoms. The van der Waals surface area contributed by atoms with Crippen LogP contribution in [0.5, 0.6) is 0 Å². The third kappa shape index (κ3) is 2.83. The van der Waals surface area contributed by atoms with Gasteiger partial charge in [-0.3, -0.25) is 4.79 Å². The first-order chi connectivity index (χ1) is 8.00. The van der Waals surface area contributed by atoms with Crippen molar-refractivity contribution < 1.29 is 13.2 Å². The Hall–Kier alpha value is -1.40. The summed E-state index contributed by atoms with van der Waals surface area (Å²) in [5, 5.41) is -1.32. The minimum Gasteiger partial charge on any atom is -0.368 e. The summed E-state index contributed by atoms with van der Waals surface area (Å²) in [5.74, 6) is -0.857. The summed E-state index contributed by atoms with van der Waals surface area (Å²) in [6.07, 6.45) is 1.64. The van der Waals surface area contributed by atoms with E-state index in [2.05, 4.69) is 4.72 Å². The van der Waals surface area contributed by atoms with Crippen LogP contribution >= 0.6 is 0 Å². The van der Waals surface area contributed by atoms with Gasteiger partial charge in [0.15, 0.2) is 5.25 Å². The molecule has 1 atom stereocenters. The summed E-state index contributed by atoms with van der Waals surface area (Å²) in [7, 11) is -3.74. The van der Waals surface area contributed by atoms with E-state index in [4.69, 9.17) is 5.73 Å². The van der Waals surface area contributed by atoms with Gasteiger partial charge in [0.25, 0.3) is 0 Å². The SMILES string of the molecule is NC(=O)C(c1ccccc1)S(=O)(=O)NC1CC1. The first kappa shape index (κ1) is 12.1. The van der Waals surface area contributed by atoms with Crippen LogP contribution in [0.3, 0.4) is 0 Å². The van der Waals surface area contributed by atoms with Gasteiger partial charge in [0.2, 0.25) is 15.9 Å². The number of hydrogen-bond donors (Lipinski definition) is 2. The molecule has 1 unspecified atom stereocenters. The number of amides is 1. The number of benzene rings is 1. The highest BCUT2D eigenvalue weighted by Crippen LogP contribution is 2.26. The van der Waals surface area contributed by atoms with E-state index in [1.54, 1.807) is 30.3 Å². The average Bonchev–Trinajstić information content (AvgIpc) is 3.01. The van der Waals surface area contributed by atoms with E-state index in [9.17, 15) is 13.2 Å². The lowest BCUT2D eigenvalue weighted by Crippen LogP contribution is -2.37. The van der Waals surface area contributed by atoms with E-state index in [0.717, 1.165) is 12.8 Å². The van der Waals surface area contributed by atoms with Gasteiger partial charge < -0.3 is 5.73 Å². The smallest absolute Gasteiger partial charge is 0.241 e.